The molecule has 0 N–H and O–H groups in total. The van der Waals surface area contributed by atoms with Crippen molar-refractivity contribution in [3.8, 4) is 17.6 Å². The molecule has 0 aliphatic rings. The van der Waals surface area contributed by atoms with Gasteiger partial charge >= 0.3 is 0 Å². The average Bonchev–Trinajstić information content (AvgIpc) is 3.20. The van der Waals surface area contributed by atoms with Crippen LogP contribution in [-0.2, 0) is 6.54 Å². The molecule has 0 spiro atoms. The third-order valence-corrected chi connectivity index (χ3v) is 3.86. The van der Waals surface area contributed by atoms with E-state index in [0.29, 0.717) is 40.5 Å². The zero-order valence-corrected chi connectivity index (χ0v) is 13.1. The molecule has 0 amide bonds. The molecule has 8 heteroatoms. The highest BCUT2D eigenvalue weighted by molar-refractivity contribution is 5.81. The number of aromatic nitrogens is 5. The number of imidazole rings is 1. The summed E-state index contributed by atoms with van der Waals surface area (Å²) < 4.78 is 20.9. The number of hydrogen-bond acceptors (Lipinski definition) is 6. The topological polar surface area (TPSA) is 93.4 Å². The van der Waals surface area contributed by atoms with Gasteiger partial charge < -0.3 is 4.57 Å². The molecular formula is C17H11FN6O. The predicted molar refractivity (Wildman–Crippen MR) is 85.8 cm³/mol. The van der Waals surface area contributed by atoms with E-state index in [-0.39, 0.29) is 5.82 Å². The van der Waals surface area contributed by atoms with Crippen molar-refractivity contribution in [3.05, 3.63) is 59.3 Å². The fraction of sp³-hybridized carbons (Fsp3) is 0.118. The summed E-state index contributed by atoms with van der Waals surface area (Å²) in [5.74, 6) is 0.0789. The maximum atomic E-state index is 14.4. The summed E-state index contributed by atoms with van der Waals surface area (Å²) in [6.45, 7) is 2.06. The van der Waals surface area contributed by atoms with E-state index < -0.39 is 0 Å². The van der Waals surface area contributed by atoms with E-state index >= 15 is 0 Å². The van der Waals surface area contributed by atoms with Gasteiger partial charge in [-0.25, -0.2) is 19.0 Å². The second-order valence-electron chi connectivity index (χ2n) is 5.49. The number of benzene rings is 1. The number of fused-ring (bicyclic) bond motifs is 1. The molecule has 0 saturated heterocycles. The van der Waals surface area contributed by atoms with Gasteiger partial charge in [-0.05, 0) is 35.8 Å². The Bertz CT molecular complexity index is 1110. The van der Waals surface area contributed by atoms with Crippen molar-refractivity contribution in [1.82, 2.24) is 24.8 Å². The highest BCUT2D eigenvalue weighted by Gasteiger charge is 2.20. The zero-order valence-electron chi connectivity index (χ0n) is 13.1. The standard InChI is InChI=1S/C17H11FN6O/c1-10-15(23-25-22-10)17-21-14-4-2-3-13(18)16(14)24(17)9-11-5-6-12(7-19)20-8-11/h2-6,8H,9H2,1H3. The third-order valence-electron chi connectivity index (χ3n) is 3.86. The summed E-state index contributed by atoms with van der Waals surface area (Å²) in [6, 6.07) is 10.1. The number of nitriles is 1. The summed E-state index contributed by atoms with van der Waals surface area (Å²) in [5, 5.41) is 16.5. The van der Waals surface area contributed by atoms with E-state index in [0.717, 1.165) is 5.56 Å². The van der Waals surface area contributed by atoms with Crippen molar-refractivity contribution in [2.75, 3.05) is 0 Å². The van der Waals surface area contributed by atoms with Gasteiger partial charge in [0.1, 0.15) is 28.8 Å². The van der Waals surface area contributed by atoms with E-state index in [1.165, 1.54) is 6.07 Å². The first-order valence-electron chi connectivity index (χ1n) is 7.46. The SMILES string of the molecule is Cc1nonc1-c1nc2cccc(F)c2n1Cc1ccc(C#N)nc1. The van der Waals surface area contributed by atoms with Gasteiger partial charge in [-0.2, -0.15) is 5.26 Å². The molecule has 0 unspecified atom stereocenters. The average molecular weight is 334 g/mol. The van der Waals surface area contributed by atoms with E-state index in [1.807, 2.05) is 6.07 Å². The predicted octanol–water partition coefficient (Wildman–Crippen LogP) is 2.85. The Kier molecular flexibility index (Phi) is 3.47. The van der Waals surface area contributed by atoms with Crippen molar-refractivity contribution in [1.29, 1.82) is 5.26 Å². The molecular weight excluding hydrogens is 323 g/mol. The lowest BCUT2D eigenvalue weighted by Crippen LogP contribution is -2.04. The molecule has 4 aromatic rings. The smallest absolute Gasteiger partial charge is 0.173 e. The molecule has 7 nitrogen and oxygen atoms in total. The van der Waals surface area contributed by atoms with Gasteiger partial charge in [0.15, 0.2) is 11.5 Å². The Morgan fingerprint density at radius 1 is 1.24 bits per heavy atom. The van der Waals surface area contributed by atoms with Crippen molar-refractivity contribution in [2.24, 2.45) is 0 Å². The minimum absolute atomic E-state index is 0.317. The van der Waals surface area contributed by atoms with Gasteiger partial charge in [0.05, 0.1) is 12.1 Å². The molecule has 0 fully saturated rings. The summed E-state index contributed by atoms with van der Waals surface area (Å²) in [5.41, 5.74) is 3.02. The molecule has 0 saturated carbocycles. The van der Waals surface area contributed by atoms with Crippen LogP contribution in [0.3, 0.4) is 0 Å². The lowest BCUT2D eigenvalue weighted by atomic mass is 10.2. The second-order valence-corrected chi connectivity index (χ2v) is 5.49. The minimum Gasteiger partial charge on any atom is -0.316 e. The largest absolute Gasteiger partial charge is 0.316 e. The van der Waals surface area contributed by atoms with Crippen LogP contribution in [0.2, 0.25) is 0 Å². The first-order chi connectivity index (χ1) is 12.2. The summed E-state index contributed by atoms with van der Waals surface area (Å²) in [7, 11) is 0. The number of hydrogen-bond donors (Lipinski definition) is 0. The summed E-state index contributed by atoms with van der Waals surface area (Å²) >= 11 is 0. The lowest BCUT2D eigenvalue weighted by Gasteiger charge is -2.08. The Labute approximate surface area is 141 Å². The highest BCUT2D eigenvalue weighted by Crippen LogP contribution is 2.27. The molecule has 0 bridgehead atoms. The van der Waals surface area contributed by atoms with Gasteiger partial charge in [0.25, 0.3) is 0 Å². The molecule has 3 aromatic heterocycles. The Balaban J connectivity index is 1.91. The molecule has 0 atom stereocenters. The molecule has 0 aliphatic carbocycles. The number of halogens is 1. The number of pyridine rings is 1. The minimum atomic E-state index is -0.382. The quantitative estimate of drug-likeness (QED) is 0.572. The molecule has 0 aliphatic heterocycles. The number of para-hydroxylation sites is 1. The van der Waals surface area contributed by atoms with Gasteiger partial charge in [-0.3, -0.25) is 0 Å². The van der Waals surface area contributed by atoms with E-state index in [4.69, 9.17) is 9.89 Å². The summed E-state index contributed by atoms with van der Waals surface area (Å²) in [6.07, 6.45) is 1.59. The Morgan fingerprint density at radius 3 is 2.80 bits per heavy atom. The van der Waals surface area contributed by atoms with Crippen LogP contribution in [0.1, 0.15) is 17.0 Å². The monoisotopic (exact) mass is 334 g/mol. The van der Waals surface area contributed by atoms with Gasteiger partial charge in [0, 0.05) is 6.20 Å². The number of nitrogens with zero attached hydrogens (tertiary/aromatic N) is 6. The van der Waals surface area contributed by atoms with Crippen LogP contribution in [0, 0.1) is 24.1 Å². The van der Waals surface area contributed by atoms with Crippen LogP contribution < -0.4 is 0 Å². The number of rotatable bonds is 3. The summed E-state index contributed by atoms with van der Waals surface area (Å²) in [4.78, 5) is 8.55. The normalized spacial score (nSPS) is 10.9. The van der Waals surface area contributed by atoms with Gasteiger partial charge in [0.2, 0.25) is 0 Å². The van der Waals surface area contributed by atoms with Crippen LogP contribution in [0.4, 0.5) is 4.39 Å². The van der Waals surface area contributed by atoms with E-state index in [2.05, 4.69) is 20.3 Å². The Morgan fingerprint density at radius 2 is 2.12 bits per heavy atom. The highest BCUT2D eigenvalue weighted by atomic mass is 19.1. The fourth-order valence-corrected chi connectivity index (χ4v) is 2.68. The van der Waals surface area contributed by atoms with Crippen molar-refractivity contribution >= 4 is 11.0 Å². The molecule has 4 rings (SSSR count). The number of aryl methyl sites for hydroxylation is 1. The maximum Gasteiger partial charge on any atom is 0.173 e. The maximum absolute atomic E-state index is 14.4. The molecule has 0 radical (unpaired) electrons. The van der Waals surface area contributed by atoms with Crippen LogP contribution in [0.25, 0.3) is 22.6 Å². The fourth-order valence-electron chi connectivity index (χ4n) is 2.68. The van der Waals surface area contributed by atoms with Crippen LogP contribution >= 0.6 is 0 Å². The first kappa shape index (κ1) is 15.0. The second kappa shape index (κ2) is 5.79. The lowest BCUT2D eigenvalue weighted by molar-refractivity contribution is 0.305. The first-order valence-corrected chi connectivity index (χ1v) is 7.46. The van der Waals surface area contributed by atoms with Crippen LogP contribution in [0.15, 0.2) is 41.2 Å². The van der Waals surface area contributed by atoms with E-state index in [1.54, 1.807) is 42.0 Å². The van der Waals surface area contributed by atoms with Crippen molar-refractivity contribution in [3.63, 3.8) is 0 Å². The molecule has 25 heavy (non-hydrogen) atoms. The zero-order chi connectivity index (χ0) is 17.4. The van der Waals surface area contributed by atoms with Gasteiger partial charge in [-0.1, -0.05) is 17.3 Å². The van der Waals surface area contributed by atoms with E-state index in [9.17, 15) is 4.39 Å². The van der Waals surface area contributed by atoms with Crippen LogP contribution in [-0.4, -0.2) is 24.8 Å². The molecule has 1 aromatic carbocycles. The van der Waals surface area contributed by atoms with Crippen molar-refractivity contribution in [2.45, 2.75) is 13.5 Å². The van der Waals surface area contributed by atoms with Crippen molar-refractivity contribution < 1.29 is 9.02 Å². The third kappa shape index (κ3) is 2.52. The van der Waals surface area contributed by atoms with Gasteiger partial charge in [-0.15, -0.1) is 0 Å². The molecule has 3 heterocycles. The Hall–Kier alpha value is -3.60. The van der Waals surface area contributed by atoms with Crippen LogP contribution in [0.5, 0.6) is 0 Å². The molecule has 122 valence electrons.